The predicted molar refractivity (Wildman–Crippen MR) is 82.7 cm³/mol. The van der Waals surface area contributed by atoms with Gasteiger partial charge in [-0.2, -0.15) is 0 Å². The average Bonchev–Trinajstić information content (AvgIpc) is 2.37. The number of anilines is 2. The van der Waals surface area contributed by atoms with E-state index in [0.717, 1.165) is 0 Å². The van der Waals surface area contributed by atoms with E-state index in [1.807, 2.05) is 0 Å². The molecule has 0 spiro atoms. The van der Waals surface area contributed by atoms with Crippen molar-refractivity contribution in [2.24, 2.45) is 0 Å². The molecular formula is C14H11BrClFN2O. The van der Waals surface area contributed by atoms with Gasteiger partial charge < -0.3 is 10.6 Å². The molecule has 2 N–H and O–H groups in total. The number of amides is 1. The maximum atomic E-state index is 12.9. The van der Waals surface area contributed by atoms with Gasteiger partial charge in [0.15, 0.2) is 0 Å². The lowest BCUT2D eigenvalue weighted by Crippen LogP contribution is -2.21. The minimum atomic E-state index is -0.342. The maximum absolute atomic E-state index is 12.9. The van der Waals surface area contributed by atoms with Crippen LogP contribution in [0, 0.1) is 5.82 Å². The number of carbonyl (C=O) groups excluding carboxylic acids is 1. The van der Waals surface area contributed by atoms with Crippen molar-refractivity contribution in [1.29, 1.82) is 0 Å². The highest BCUT2D eigenvalue weighted by Gasteiger charge is 2.05. The first-order chi connectivity index (χ1) is 9.54. The second-order valence-corrected chi connectivity index (χ2v) is 5.33. The Morgan fingerprint density at radius 1 is 1.25 bits per heavy atom. The molecule has 0 aliphatic rings. The van der Waals surface area contributed by atoms with Gasteiger partial charge in [0.1, 0.15) is 5.82 Å². The van der Waals surface area contributed by atoms with E-state index in [9.17, 15) is 9.18 Å². The summed E-state index contributed by atoms with van der Waals surface area (Å²) in [7, 11) is 0. The molecule has 1 amide bonds. The molecule has 0 radical (unpaired) electrons. The first-order valence-corrected chi connectivity index (χ1v) is 6.96. The fraction of sp³-hybridized carbons (Fsp3) is 0.0714. The summed E-state index contributed by atoms with van der Waals surface area (Å²) in [4.78, 5) is 11.8. The van der Waals surface area contributed by atoms with Crippen molar-refractivity contribution in [3.05, 3.63) is 57.8 Å². The van der Waals surface area contributed by atoms with Gasteiger partial charge in [0.2, 0.25) is 5.91 Å². The SMILES string of the molecule is O=C(CNc1ccc(F)cc1Br)Nc1cccc(Cl)c1. The van der Waals surface area contributed by atoms with Gasteiger partial charge in [0.25, 0.3) is 0 Å². The van der Waals surface area contributed by atoms with E-state index in [-0.39, 0.29) is 18.3 Å². The van der Waals surface area contributed by atoms with Crippen LogP contribution < -0.4 is 10.6 Å². The summed E-state index contributed by atoms with van der Waals surface area (Å²) in [5.74, 6) is -0.561. The molecule has 3 nitrogen and oxygen atoms in total. The van der Waals surface area contributed by atoms with Crippen LogP contribution in [0.2, 0.25) is 5.02 Å². The summed E-state index contributed by atoms with van der Waals surface area (Å²) >= 11 is 9.05. The van der Waals surface area contributed by atoms with E-state index >= 15 is 0 Å². The number of carbonyl (C=O) groups is 1. The second-order valence-electron chi connectivity index (χ2n) is 4.04. The van der Waals surface area contributed by atoms with E-state index in [2.05, 4.69) is 26.6 Å². The topological polar surface area (TPSA) is 41.1 Å². The largest absolute Gasteiger partial charge is 0.375 e. The predicted octanol–water partition coefficient (Wildman–Crippen LogP) is 4.29. The van der Waals surface area contributed by atoms with E-state index < -0.39 is 0 Å². The van der Waals surface area contributed by atoms with Gasteiger partial charge in [-0.1, -0.05) is 17.7 Å². The van der Waals surface area contributed by atoms with Crippen molar-refractivity contribution in [3.8, 4) is 0 Å². The van der Waals surface area contributed by atoms with Crippen LogP contribution in [0.25, 0.3) is 0 Å². The first kappa shape index (κ1) is 14.8. The van der Waals surface area contributed by atoms with E-state index in [1.165, 1.54) is 12.1 Å². The quantitative estimate of drug-likeness (QED) is 0.857. The molecular weight excluding hydrogens is 347 g/mol. The van der Waals surface area contributed by atoms with Crippen LogP contribution in [-0.4, -0.2) is 12.5 Å². The number of halogens is 3. The van der Waals surface area contributed by atoms with Gasteiger partial charge in [-0.15, -0.1) is 0 Å². The third-order valence-corrected chi connectivity index (χ3v) is 3.37. The number of hydrogen-bond donors (Lipinski definition) is 2. The zero-order valence-electron chi connectivity index (χ0n) is 10.3. The zero-order valence-corrected chi connectivity index (χ0v) is 12.6. The summed E-state index contributed by atoms with van der Waals surface area (Å²) in [5.41, 5.74) is 1.27. The number of benzene rings is 2. The molecule has 0 saturated heterocycles. The van der Waals surface area contributed by atoms with E-state index in [4.69, 9.17) is 11.6 Å². The van der Waals surface area contributed by atoms with Crippen molar-refractivity contribution < 1.29 is 9.18 Å². The summed E-state index contributed by atoms with van der Waals surface area (Å²) in [6, 6.07) is 11.1. The van der Waals surface area contributed by atoms with Gasteiger partial charge >= 0.3 is 0 Å². The van der Waals surface area contributed by atoms with Crippen LogP contribution in [-0.2, 0) is 4.79 Å². The Bertz CT molecular complexity index is 636. The second kappa shape index (κ2) is 6.72. The molecule has 0 aliphatic carbocycles. The fourth-order valence-corrected chi connectivity index (χ4v) is 2.26. The monoisotopic (exact) mass is 356 g/mol. The van der Waals surface area contributed by atoms with Crippen molar-refractivity contribution in [3.63, 3.8) is 0 Å². The molecule has 0 aliphatic heterocycles. The first-order valence-electron chi connectivity index (χ1n) is 5.79. The lowest BCUT2D eigenvalue weighted by molar-refractivity contribution is -0.114. The van der Waals surface area contributed by atoms with Gasteiger partial charge in [0, 0.05) is 20.9 Å². The average molecular weight is 358 g/mol. The maximum Gasteiger partial charge on any atom is 0.243 e. The third-order valence-electron chi connectivity index (χ3n) is 2.48. The lowest BCUT2D eigenvalue weighted by Gasteiger charge is -2.09. The standard InChI is InChI=1S/C14H11BrClFN2O/c15-12-7-10(17)4-5-13(12)18-8-14(20)19-11-3-1-2-9(16)6-11/h1-7,18H,8H2,(H,19,20). The van der Waals surface area contributed by atoms with Gasteiger partial charge in [-0.25, -0.2) is 4.39 Å². The molecule has 104 valence electrons. The highest BCUT2D eigenvalue weighted by molar-refractivity contribution is 9.10. The minimum Gasteiger partial charge on any atom is -0.375 e. The van der Waals surface area contributed by atoms with Crippen LogP contribution in [0.4, 0.5) is 15.8 Å². The molecule has 2 aromatic carbocycles. The Kier molecular flexibility index (Phi) is 4.98. The fourth-order valence-electron chi connectivity index (χ4n) is 1.58. The molecule has 0 fully saturated rings. The summed E-state index contributed by atoms with van der Waals surface area (Å²) in [6.07, 6.45) is 0. The Morgan fingerprint density at radius 3 is 2.75 bits per heavy atom. The van der Waals surface area contributed by atoms with E-state index in [1.54, 1.807) is 30.3 Å². The zero-order chi connectivity index (χ0) is 14.5. The molecule has 20 heavy (non-hydrogen) atoms. The third kappa shape index (κ3) is 4.21. The molecule has 0 heterocycles. The normalized spacial score (nSPS) is 10.2. The molecule has 2 aromatic rings. The van der Waals surface area contributed by atoms with Gasteiger partial charge in [-0.3, -0.25) is 4.79 Å². The Hall–Kier alpha value is -1.59. The number of nitrogens with one attached hydrogen (secondary N) is 2. The van der Waals surface area contributed by atoms with E-state index in [0.29, 0.717) is 20.9 Å². The molecule has 0 bridgehead atoms. The molecule has 6 heteroatoms. The molecule has 0 unspecified atom stereocenters. The van der Waals surface area contributed by atoms with Crippen LogP contribution >= 0.6 is 27.5 Å². The van der Waals surface area contributed by atoms with Crippen molar-refractivity contribution in [1.82, 2.24) is 0 Å². The van der Waals surface area contributed by atoms with Crippen molar-refractivity contribution in [2.75, 3.05) is 17.2 Å². The molecule has 0 aromatic heterocycles. The van der Waals surface area contributed by atoms with Crippen LogP contribution in [0.5, 0.6) is 0 Å². The molecule has 0 saturated carbocycles. The van der Waals surface area contributed by atoms with Gasteiger partial charge in [0.05, 0.1) is 6.54 Å². The van der Waals surface area contributed by atoms with Crippen molar-refractivity contribution >= 4 is 44.8 Å². The summed E-state index contributed by atoms with van der Waals surface area (Å²) in [5, 5.41) is 6.18. The Balaban J connectivity index is 1.92. The summed E-state index contributed by atoms with van der Waals surface area (Å²) in [6.45, 7) is 0.0662. The Labute approximate surface area is 129 Å². The lowest BCUT2D eigenvalue weighted by atomic mass is 10.3. The molecule has 2 rings (SSSR count). The van der Waals surface area contributed by atoms with Crippen LogP contribution in [0.15, 0.2) is 46.9 Å². The highest BCUT2D eigenvalue weighted by atomic mass is 79.9. The minimum absolute atomic E-state index is 0.0662. The summed E-state index contributed by atoms with van der Waals surface area (Å²) < 4.78 is 13.5. The number of rotatable bonds is 4. The van der Waals surface area contributed by atoms with Crippen LogP contribution in [0.1, 0.15) is 0 Å². The Morgan fingerprint density at radius 2 is 2.05 bits per heavy atom. The molecule has 0 atom stereocenters. The van der Waals surface area contributed by atoms with Gasteiger partial charge in [-0.05, 0) is 52.3 Å². The number of hydrogen-bond acceptors (Lipinski definition) is 2. The smallest absolute Gasteiger partial charge is 0.243 e. The van der Waals surface area contributed by atoms with Crippen LogP contribution in [0.3, 0.4) is 0 Å². The highest BCUT2D eigenvalue weighted by Crippen LogP contribution is 2.22. The van der Waals surface area contributed by atoms with Crippen molar-refractivity contribution in [2.45, 2.75) is 0 Å².